The highest BCUT2D eigenvalue weighted by Gasteiger charge is 2.78. The van der Waals surface area contributed by atoms with Crippen LogP contribution in [0.4, 0.5) is 0 Å². The first kappa shape index (κ1) is 41.9. The zero-order valence-corrected chi connectivity index (χ0v) is 33.4. The number of esters is 3. The first-order chi connectivity index (χ1) is 27.9. The Labute approximate surface area is 341 Å². The normalized spacial score (nSPS) is 33.0. The van der Waals surface area contributed by atoms with Crippen LogP contribution in [0.25, 0.3) is 0 Å². The second-order valence-electron chi connectivity index (χ2n) is 16.8. The minimum absolute atomic E-state index is 0.0521. The Balaban J connectivity index is 1.37. The number of hydrogen-bond acceptors (Lipinski definition) is 13. The Bertz CT molecular complexity index is 2160. The Hall–Kier alpha value is -5.25. The van der Waals surface area contributed by atoms with Crippen molar-refractivity contribution in [2.45, 2.75) is 101 Å². The van der Waals surface area contributed by atoms with Gasteiger partial charge in [-0.25, -0.2) is 9.59 Å². The van der Waals surface area contributed by atoms with Gasteiger partial charge in [-0.2, -0.15) is 0 Å². The number of aliphatic hydroxyl groups excluding tert-OH is 3. The largest absolute Gasteiger partial charge is 0.456 e. The lowest BCUT2D eigenvalue weighted by atomic mass is 9.44. The van der Waals surface area contributed by atoms with Gasteiger partial charge in [-0.05, 0) is 54.8 Å². The standard InChI is InChI=1S/C45H49NO13/c1-24-29(57-41(54)33(34(49)26-15-9-6-10-16-26)46-39(52)27-17-11-7-12-18-27)22-45(55)38(58-40(53)28-19-13-8-14-20-28)36-43(5,37(51)35(50)32(24)42(45,3)4)30(48)21-31-44(36,23-56-31)59-25(2)47/h6-20,29-31,33-36,38,48-50,55H,21-23H2,1-5H3,(H,46,52)/t29-,30-,31+,33-,34+,35+,36-,38-,43+,44-,45+/m0/s1. The number of rotatable bonds is 9. The summed E-state index contributed by atoms with van der Waals surface area (Å²) in [6.07, 6.45) is -10.1. The van der Waals surface area contributed by atoms with Gasteiger partial charge in [0.15, 0.2) is 17.4 Å². The molecule has 0 aromatic heterocycles. The summed E-state index contributed by atoms with van der Waals surface area (Å²) in [5.74, 6) is -5.91. The molecule has 1 heterocycles. The topological polar surface area (TPSA) is 215 Å². The summed E-state index contributed by atoms with van der Waals surface area (Å²) in [5.41, 5.74) is -7.04. The Morgan fingerprint density at radius 2 is 1.44 bits per heavy atom. The molecule has 14 nitrogen and oxygen atoms in total. The second kappa shape index (κ2) is 15.4. The molecule has 3 aliphatic carbocycles. The smallest absolute Gasteiger partial charge is 0.338 e. The van der Waals surface area contributed by atoms with Gasteiger partial charge in [0, 0.05) is 30.7 Å². The minimum Gasteiger partial charge on any atom is -0.456 e. The zero-order valence-electron chi connectivity index (χ0n) is 33.4. The van der Waals surface area contributed by atoms with Gasteiger partial charge in [0.05, 0.1) is 29.6 Å². The highest BCUT2D eigenvalue weighted by Crippen LogP contribution is 2.64. The molecule has 1 amide bonds. The van der Waals surface area contributed by atoms with Gasteiger partial charge in [-0.15, -0.1) is 0 Å². The average molecular weight is 812 g/mol. The lowest BCUT2D eigenvalue weighted by molar-refractivity contribution is -0.346. The van der Waals surface area contributed by atoms with Crippen LogP contribution >= 0.6 is 0 Å². The lowest BCUT2D eigenvalue weighted by Gasteiger charge is -2.67. The van der Waals surface area contributed by atoms with Gasteiger partial charge in [0.2, 0.25) is 0 Å². The Kier molecular flexibility index (Phi) is 10.9. The Morgan fingerprint density at radius 1 is 0.864 bits per heavy atom. The van der Waals surface area contributed by atoms with Gasteiger partial charge in [-0.1, -0.05) is 80.6 Å². The summed E-state index contributed by atoms with van der Waals surface area (Å²) in [4.78, 5) is 70.0. The van der Waals surface area contributed by atoms with Crippen LogP contribution in [0.15, 0.2) is 102 Å². The highest BCUT2D eigenvalue weighted by atomic mass is 16.6. The molecule has 312 valence electrons. The highest BCUT2D eigenvalue weighted by molar-refractivity contribution is 5.97. The average Bonchev–Trinajstić information content (AvgIpc) is 3.21. The number of hydrogen-bond donors (Lipinski definition) is 5. The molecule has 0 spiro atoms. The van der Waals surface area contributed by atoms with Crippen molar-refractivity contribution in [2.24, 2.45) is 16.7 Å². The fraction of sp³-hybridized carbons (Fsp3) is 0.444. The summed E-state index contributed by atoms with van der Waals surface area (Å²) < 4.78 is 24.3. The van der Waals surface area contributed by atoms with Crippen LogP contribution in [0, 0.1) is 16.7 Å². The molecule has 59 heavy (non-hydrogen) atoms. The van der Waals surface area contributed by atoms with Crippen molar-refractivity contribution in [1.29, 1.82) is 0 Å². The minimum atomic E-state index is -2.35. The molecule has 11 atom stereocenters. The summed E-state index contributed by atoms with van der Waals surface area (Å²) >= 11 is 0. The Morgan fingerprint density at radius 3 is 2.00 bits per heavy atom. The number of ketones is 1. The first-order valence-electron chi connectivity index (χ1n) is 19.6. The summed E-state index contributed by atoms with van der Waals surface area (Å²) in [5, 5.41) is 51.8. The van der Waals surface area contributed by atoms with Crippen molar-refractivity contribution in [3.63, 3.8) is 0 Å². The maximum atomic E-state index is 15.0. The molecule has 3 aromatic rings. The third-order valence-corrected chi connectivity index (χ3v) is 13.2. The monoisotopic (exact) mass is 811 g/mol. The van der Waals surface area contributed by atoms with Gasteiger partial charge >= 0.3 is 17.9 Å². The molecule has 0 radical (unpaired) electrons. The van der Waals surface area contributed by atoms with E-state index in [1.807, 2.05) is 0 Å². The fourth-order valence-corrected chi connectivity index (χ4v) is 9.91. The number of ether oxygens (including phenoxy) is 4. The number of nitrogens with one attached hydrogen (secondary N) is 1. The zero-order chi connectivity index (χ0) is 42.7. The van der Waals surface area contributed by atoms with E-state index in [2.05, 4.69) is 5.32 Å². The predicted octanol–water partition coefficient (Wildman–Crippen LogP) is 3.16. The molecule has 4 aliphatic rings. The molecule has 5 N–H and O–H groups in total. The van der Waals surface area contributed by atoms with Gasteiger partial charge in [0.1, 0.15) is 36.1 Å². The van der Waals surface area contributed by atoms with Crippen molar-refractivity contribution >= 4 is 29.6 Å². The lowest BCUT2D eigenvalue weighted by Crippen LogP contribution is -2.81. The van der Waals surface area contributed by atoms with Gasteiger partial charge < -0.3 is 44.7 Å². The quantitative estimate of drug-likeness (QED) is 0.120. The van der Waals surface area contributed by atoms with E-state index < -0.39 is 107 Å². The third-order valence-electron chi connectivity index (χ3n) is 13.2. The number of benzene rings is 3. The van der Waals surface area contributed by atoms with Gasteiger partial charge in [0.25, 0.3) is 5.91 Å². The summed E-state index contributed by atoms with van der Waals surface area (Å²) in [6.45, 7) is 6.90. The van der Waals surface area contributed by atoms with Gasteiger partial charge in [-0.3, -0.25) is 14.4 Å². The van der Waals surface area contributed by atoms with Crippen LogP contribution in [0.5, 0.6) is 0 Å². The second-order valence-corrected chi connectivity index (χ2v) is 16.8. The van der Waals surface area contributed by atoms with Crippen LogP contribution < -0.4 is 5.32 Å². The van der Waals surface area contributed by atoms with Crippen LogP contribution in [0.1, 0.15) is 79.8 Å². The van der Waals surface area contributed by atoms with Crippen molar-refractivity contribution < 1.29 is 63.3 Å². The maximum Gasteiger partial charge on any atom is 0.338 e. The number of Topliss-reactive ketones (excluding diaryl/α,β-unsaturated/α-hetero) is 1. The predicted molar refractivity (Wildman–Crippen MR) is 208 cm³/mol. The third kappa shape index (κ3) is 6.76. The van der Waals surface area contributed by atoms with E-state index in [9.17, 15) is 39.6 Å². The van der Waals surface area contributed by atoms with Crippen LogP contribution in [-0.4, -0.2) is 104 Å². The molecular formula is C45H49NO13. The molecule has 2 saturated carbocycles. The number of fused-ring (bicyclic) bond motifs is 5. The van der Waals surface area contributed by atoms with Crippen LogP contribution in [0.2, 0.25) is 0 Å². The van der Waals surface area contributed by atoms with Crippen molar-refractivity contribution in [2.75, 3.05) is 6.61 Å². The molecule has 14 heteroatoms. The molecule has 2 bridgehead atoms. The van der Waals surface area contributed by atoms with E-state index in [1.165, 1.54) is 38.1 Å². The van der Waals surface area contributed by atoms with E-state index in [-0.39, 0.29) is 40.9 Å². The molecular weight excluding hydrogens is 762 g/mol. The fourth-order valence-electron chi connectivity index (χ4n) is 9.91. The van der Waals surface area contributed by atoms with Crippen LogP contribution in [0.3, 0.4) is 0 Å². The number of carbonyl (C=O) groups is 5. The molecule has 1 aliphatic heterocycles. The molecule has 7 rings (SSSR count). The number of carbonyl (C=O) groups excluding carboxylic acids is 5. The van der Waals surface area contributed by atoms with Crippen molar-refractivity contribution in [3.8, 4) is 0 Å². The first-order valence-corrected chi connectivity index (χ1v) is 19.6. The SMILES string of the molecule is CC(=O)O[C@@]12CO[C@@H]1C[C@H](O)[C@@]1(C)C(=O)[C@H](O)C3=C(C)[C@@H](OC(=O)[C@@H](NC(=O)c4ccccc4)[C@H](O)c4ccccc4)C[C@@](O)([C@@H](OC(=O)c4ccccc4)[C@H]21)C3(C)C. The van der Waals surface area contributed by atoms with Crippen molar-refractivity contribution in [3.05, 3.63) is 119 Å². The molecule has 0 unspecified atom stereocenters. The number of amides is 1. The van der Waals surface area contributed by atoms with Crippen LogP contribution in [-0.2, 0) is 33.3 Å². The van der Waals surface area contributed by atoms with Crippen molar-refractivity contribution in [1.82, 2.24) is 5.32 Å². The van der Waals surface area contributed by atoms with E-state index >= 15 is 4.79 Å². The summed E-state index contributed by atoms with van der Waals surface area (Å²) in [7, 11) is 0. The molecule has 3 fully saturated rings. The van der Waals surface area contributed by atoms with E-state index in [4.69, 9.17) is 18.9 Å². The number of aliphatic hydroxyl groups is 4. The van der Waals surface area contributed by atoms with E-state index in [0.717, 1.165) is 6.92 Å². The van der Waals surface area contributed by atoms with E-state index in [0.29, 0.717) is 0 Å². The molecule has 1 saturated heterocycles. The maximum absolute atomic E-state index is 15.0. The van der Waals surface area contributed by atoms with E-state index in [1.54, 1.807) is 80.6 Å². The molecule has 3 aromatic carbocycles. The summed E-state index contributed by atoms with van der Waals surface area (Å²) in [6, 6.07) is 22.3.